The summed E-state index contributed by atoms with van der Waals surface area (Å²) in [4.78, 5) is 11.8. The Morgan fingerprint density at radius 3 is 2.35 bits per heavy atom. The minimum Gasteiger partial charge on any atom is -0.435 e. The summed E-state index contributed by atoms with van der Waals surface area (Å²) < 4.78 is 11.4. The number of cyclic esters (lactones) is 1. The zero-order valence-corrected chi connectivity index (χ0v) is 14.0. The van der Waals surface area contributed by atoms with Crippen molar-refractivity contribution in [2.75, 3.05) is 0 Å². The van der Waals surface area contributed by atoms with Crippen molar-refractivity contribution >= 4 is 5.97 Å². The van der Waals surface area contributed by atoms with Gasteiger partial charge in [0.15, 0.2) is 0 Å². The zero-order valence-electron chi connectivity index (χ0n) is 14.0. The van der Waals surface area contributed by atoms with Crippen molar-refractivity contribution in [1.29, 1.82) is 0 Å². The first kappa shape index (κ1) is 17.5. The van der Waals surface area contributed by atoms with E-state index in [0.717, 1.165) is 12.8 Å². The van der Waals surface area contributed by atoms with E-state index in [9.17, 15) is 4.79 Å². The van der Waals surface area contributed by atoms with Crippen LogP contribution in [0, 0.1) is 5.41 Å². The van der Waals surface area contributed by atoms with Gasteiger partial charge in [0.1, 0.15) is 0 Å². The molecule has 1 fully saturated rings. The average molecular weight is 284 g/mol. The Balaban J connectivity index is 2.40. The molecule has 0 aromatic rings. The number of esters is 1. The van der Waals surface area contributed by atoms with Gasteiger partial charge in [-0.3, -0.25) is 4.79 Å². The molecule has 0 spiro atoms. The second kappa shape index (κ2) is 7.44. The first-order valence-electron chi connectivity index (χ1n) is 8.14. The molecular weight excluding hydrogens is 252 g/mol. The Morgan fingerprint density at radius 2 is 1.75 bits per heavy atom. The molecular formula is C17H32O3. The van der Waals surface area contributed by atoms with Gasteiger partial charge in [-0.15, -0.1) is 0 Å². The average Bonchev–Trinajstić information content (AvgIpc) is 2.31. The van der Waals surface area contributed by atoms with E-state index in [2.05, 4.69) is 13.8 Å². The number of carbonyl (C=O) groups is 1. The molecule has 20 heavy (non-hydrogen) atoms. The van der Waals surface area contributed by atoms with Crippen molar-refractivity contribution in [3.05, 3.63) is 0 Å². The second-order valence-electron chi connectivity index (χ2n) is 7.45. The predicted molar refractivity (Wildman–Crippen MR) is 81.4 cm³/mol. The first-order chi connectivity index (χ1) is 9.27. The van der Waals surface area contributed by atoms with Crippen LogP contribution in [0.4, 0.5) is 0 Å². The fourth-order valence-electron chi connectivity index (χ4n) is 2.57. The largest absolute Gasteiger partial charge is 0.435 e. The minimum atomic E-state index is -0.422. The second-order valence-corrected chi connectivity index (χ2v) is 7.45. The van der Waals surface area contributed by atoms with Crippen molar-refractivity contribution in [2.24, 2.45) is 5.41 Å². The van der Waals surface area contributed by atoms with Gasteiger partial charge in [-0.1, -0.05) is 66.2 Å². The summed E-state index contributed by atoms with van der Waals surface area (Å²) >= 11 is 0. The van der Waals surface area contributed by atoms with E-state index >= 15 is 0 Å². The van der Waals surface area contributed by atoms with Crippen molar-refractivity contribution in [2.45, 2.75) is 97.9 Å². The maximum Gasteiger partial charge on any atom is 0.311 e. The molecule has 118 valence electrons. The summed E-state index contributed by atoms with van der Waals surface area (Å²) in [6.07, 6.45) is 8.48. The Hall–Kier alpha value is -0.570. The van der Waals surface area contributed by atoms with Crippen molar-refractivity contribution in [3.63, 3.8) is 0 Å². The molecule has 1 aliphatic heterocycles. The lowest BCUT2D eigenvalue weighted by Gasteiger charge is -2.42. The summed E-state index contributed by atoms with van der Waals surface area (Å²) in [6.45, 7) is 10.4. The Morgan fingerprint density at radius 1 is 1.15 bits per heavy atom. The van der Waals surface area contributed by atoms with E-state index < -0.39 is 6.29 Å². The Labute approximate surface area is 124 Å². The number of carbonyl (C=O) groups excluding carboxylic acids is 1. The van der Waals surface area contributed by atoms with Crippen LogP contribution in [-0.4, -0.2) is 17.9 Å². The molecule has 0 aliphatic carbocycles. The fourth-order valence-corrected chi connectivity index (χ4v) is 2.57. The van der Waals surface area contributed by atoms with Gasteiger partial charge in [-0.25, -0.2) is 0 Å². The normalized spacial score (nSPS) is 27.4. The first-order valence-corrected chi connectivity index (χ1v) is 8.14. The molecule has 0 radical (unpaired) electrons. The third kappa shape index (κ3) is 5.82. The lowest BCUT2D eigenvalue weighted by molar-refractivity contribution is -0.270. The van der Waals surface area contributed by atoms with Gasteiger partial charge in [0.05, 0.1) is 12.0 Å². The number of hydrogen-bond acceptors (Lipinski definition) is 3. The summed E-state index contributed by atoms with van der Waals surface area (Å²) in [5.41, 5.74) is -0.517. The zero-order chi connectivity index (χ0) is 15.2. The maximum atomic E-state index is 11.8. The van der Waals surface area contributed by atoms with E-state index in [1.165, 1.54) is 32.1 Å². The number of ether oxygens (including phenoxy) is 2. The molecule has 0 N–H and O–H groups in total. The van der Waals surface area contributed by atoms with Crippen molar-refractivity contribution < 1.29 is 14.3 Å². The number of hydrogen-bond donors (Lipinski definition) is 0. The van der Waals surface area contributed by atoms with Crippen LogP contribution in [0.2, 0.25) is 0 Å². The quantitative estimate of drug-likeness (QED) is 0.496. The van der Waals surface area contributed by atoms with Gasteiger partial charge in [0.25, 0.3) is 0 Å². The number of unbranched alkanes of at least 4 members (excludes halogenated alkanes) is 5. The monoisotopic (exact) mass is 284 g/mol. The molecule has 0 amide bonds. The molecule has 1 saturated heterocycles. The SMILES string of the molecule is CCCCCCCCC1(C)CC(=O)OC(C(C)(C)C)O1. The smallest absolute Gasteiger partial charge is 0.311 e. The van der Waals surface area contributed by atoms with E-state index in [0.29, 0.717) is 6.42 Å². The van der Waals surface area contributed by atoms with Crippen LogP contribution in [0.25, 0.3) is 0 Å². The third-order valence-electron chi connectivity index (χ3n) is 3.91. The van der Waals surface area contributed by atoms with E-state index in [1.807, 2.05) is 20.8 Å². The van der Waals surface area contributed by atoms with Crippen LogP contribution >= 0.6 is 0 Å². The van der Waals surface area contributed by atoms with Gasteiger partial charge >= 0.3 is 5.97 Å². The third-order valence-corrected chi connectivity index (χ3v) is 3.91. The fraction of sp³-hybridized carbons (Fsp3) is 0.941. The Bertz CT molecular complexity index is 306. The standard InChI is InChI=1S/C17H32O3/c1-6-7-8-9-10-11-12-17(5)13-14(18)19-15(20-17)16(2,3)4/h15H,6-13H2,1-5H3. The van der Waals surface area contributed by atoms with E-state index in [-0.39, 0.29) is 17.0 Å². The van der Waals surface area contributed by atoms with Crippen LogP contribution in [0.15, 0.2) is 0 Å². The highest BCUT2D eigenvalue weighted by molar-refractivity contribution is 5.71. The van der Waals surface area contributed by atoms with Crippen LogP contribution in [-0.2, 0) is 14.3 Å². The van der Waals surface area contributed by atoms with Crippen molar-refractivity contribution in [3.8, 4) is 0 Å². The van der Waals surface area contributed by atoms with Gasteiger partial charge in [-0.2, -0.15) is 0 Å². The number of rotatable bonds is 7. The molecule has 1 rings (SSSR count). The van der Waals surface area contributed by atoms with Gasteiger partial charge in [-0.05, 0) is 13.3 Å². The lowest BCUT2D eigenvalue weighted by atomic mass is 9.89. The minimum absolute atomic E-state index is 0.121. The molecule has 0 aromatic heterocycles. The lowest BCUT2D eigenvalue weighted by Crippen LogP contribution is -2.48. The molecule has 1 aliphatic rings. The van der Waals surface area contributed by atoms with Crippen LogP contribution in [0.1, 0.15) is 86.0 Å². The highest BCUT2D eigenvalue weighted by Crippen LogP contribution is 2.36. The molecule has 3 nitrogen and oxygen atoms in total. The Kier molecular flexibility index (Phi) is 6.50. The van der Waals surface area contributed by atoms with Crippen molar-refractivity contribution in [1.82, 2.24) is 0 Å². The molecule has 0 saturated carbocycles. The molecule has 2 atom stereocenters. The highest BCUT2D eigenvalue weighted by Gasteiger charge is 2.42. The molecule has 0 aromatic carbocycles. The molecule has 2 unspecified atom stereocenters. The summed E-state index contributed by atoms with van der Waals surface area (Å²) in [5, 5.41) is 0. The molecule has 3 heteroatoms. The van der Waals surface area contributed by atoms with Gasteiger partial charge in [0.2, 0.25) is 6.29 Å². The van der Waals surface area contributed by atoms with Crippen LogP contribution in [0.5, 0.6) is 0 Å². The highest BCUT2D eigenvalue weighted by atomic mass is 16.7. The summed E-state index contributed by atoms with van der Waals surface area (Å²) in [7, 11) is 0. The molecule has 1 heterocycles. The summed E-state index contributed by atoms with van der Waals surface area (Å²) in [5.74, 6) is -0.121. The van der Waals surface area contributed by atoms with Gasteiger partial charge < -0.3 is 9.47 Å². The van der Waals surface area contributed by atoms with E-state index in [4.69, 9.17) is 9.47 Å². The van der Waals surface area contributed by atoms with E-state index in [1.54, 1.807) is 0 Å². The van der Waals surface area contributed by atoms with Crippen LogP contribution < -0.4 is 0 Å². The summed E-state index contributed by atoms with van der Waals surface area (Å²) in [6, 6.07) is 0. The predicted octanol–water partition coefficient (Wildman–Crippen LogP) is 4.83. The molecule has 0 bridgehead atoms. The topological polar surface area (TPSA) is 35.5 Å². The van der Waals surface area contributed by atoms with Gasteiger partial charge in [0, 0.05) is 5.41 Å². The maximum absolute atomic E-state index is 11.8. The van der Waals surface area contributed by atoms with Crippen LogP contribution in [0.3, 0.4) is 0 Å².